The Kier molecular flexibility index (Phi) is 111. The summed E-state index contributed by atoms with van der Waals surface area (Å²) in [5.74, 6) is 0. The van der Waals surface area contributed by atoms with Gasteiger partial charge in [0.05, 0.1) is 0 Å². The van der Waals surface area contributed by atoms with Gasteiger partial charge in [-0.2, -0.15) is 0 Å². The smallest absolute Gasteiger partial charge is 1.00 e. The molecule has 0 saturated carbocycles. The third kappa shape index (κ3) is 82.6. The molecular formula is C6H16Br2O2Ti. The van der Waals surface area contributed by atoms with Gasteiger partial charge in [0, 0.05) is 13.2 Å². The van der Waals surface area contributed by atoms with E-state index < -0.39 is 0 Å². The zero-order valence-corrected chi connectivity index (χ0v) is 11.7. The standard InChI is InChI=1S/2C3H8O.2BrH.Ti/c2*1-2-3-4;;;/h2*4H,2-3H2,1H3;2*1H;/q;;;;+2/p-2. The van der Waals surface area contributed by atoms with Crippen molar-refractivity contribution in [1.82, 2.24) is 0 Å². The molecule has 0 heterocycles. The first kappa shape index (κ1) is 29.4. The molecule has 0 fully saturated rings. The molecule has 0 spiro atoms. The van der Waals surface area contributed by atoms with Crippen LogP contribution in [0, 0.1) is 0 Å². The van der Waals surface area contributed by atoms with Crippen molar-refractivity contribution >= 4 is 0 Å². The van der Waals surface area contributed by atoms with Gasteiger partial charge in [0.2, 0.25) is 0 Å². The first-order valence-electron chi connectivity index (χ1n) is 3.05. The third-order valence-corrected chi connectivity index (χ3v) is 0.447. The maximum absolute atomic E-state index is 7.88. The zero-order valence-electron chi connectivity index (χ0n) is 6.98. The molecule has 0 saturated heterocycles. The van der Waals surface area contributed by atoms with Crippen LogP contribution in [-0.2, 0) is 21.7 Å². The fourth-order valence-corrected chi connectivity index (χ4v) is 0. The summed E-state index contributed by atoms with van der Waals surface area (Å²) < 4.78 is 0. The summed E-state index contributed by atoms with van der Waals surface area (Å²) in [6.45, 7) is 4.50. The molecular weight excluding hydrogens is 312 g/mol. The van der Waals surface area contributed by atoms with Crippen molar-refractivity contribution in [3.05, 3.63) is 0 Å². The Hall–Kier alpha value is 1.59. The Balaban J connectivity index is -0.0000000171. The molecule has 0 aliphatic heterocycles. The minimum absolute atomic E-state index is 0. The molecule has 0 bridgehead atoms. The molecule has 0 atom stereocenters. The van der Waals surface area contributed by atoms with E-state index in [2.05, 4.69) is 0 Å². The van der Waals surface area contributed by atoms with Crippen molar-refractivity contribution in [3.8, 4) is 0 Å². The van der Waals surface area contributed by atoms with Crippen molar-refractivity contribution < 1.29 is 65.9 Å². The molecule has 0 aliphatic carbocycles. The van der Waals surface area contributed by atoms with Gasteiger partial charge in [0.15, 0.2) is 0 Å². The summed E-state index contributed by atoms with van der Waals surface area (Å²) in [5.41, 5.74) is 0. The van der Waals surface area contributed by atoms with Crippen LogP contribution >= 0.6 is 0 Å². The number of aliphatic hydroxyl groups excluding tert-OH is 2. The van der Waals surface area contributed by atoms with Gasteiger partial charge in [-0.1, -0.05) is 13.8 Å². The molecule has 70 valence electrons. The van der Waals surface area contributed by atoms with E-state index in [0.717, 1.165) is 12.8 Å². The monoisotopic (exact) mass is 326 g/mol. The van der Waals surface area contributed by atoms with Crippen LogP contribution in [0.25, 0.3) is 0 Å². The van der Waals surface area contributed by atoms with Crippen LogP contribution in [-0.4, -0.2) is 23.4 Å². The van der Waals surface area contributed by atoms with Crippen molar-refractivity contribution in [2.24, 2.45) is 0 Å². The van der Waals surface area contributed by atoms with Gasteiger partial charge in [0.1, 0.15) is 0 Å². The van der Waals surface area contributed by atoms with Gasteiger partial charge in [-0.25, -0.2) is 0 Å². The summed E-state index contributed by atoms with van der Waals surface area (Å²) >= 11 is 0. The second-order valence-electron chi connectivity index (χ2n) is 1.45. The average Bonchev–Trinajstić information content (AvgIpc) is 1.88. The molecule has 0 unspecified atom stereocenters. The predicted octanol–water partition coefficient (Wildman–Crippen LogP) is -5.22. The van der Waals surface area contributed by atoms with E-state index in [1.54, 1.807) is 0 Å². The largest absolute Gasteiger partial charge is 2.00 e. The van der Waals surface area contributed by atoms with Gasteiger partial charge in [-0.3, -0.25) is 0 Å². The fraction of sp³-hybridized carbons (Fsp3) is 1.00. The van der Waals surface area contributed by atoms with Crippen LogP contribution < -0.4 is 34.0 Å². The maximum Gasteiger partial charge on any atom is 2.00 e. The van der Waals surface area contributed by atoms with E-state index in [1.807, 2.05) is 13.8 Å². The van der Waals surface area contributed by atoms with E-state index in [1.165, 1.54) is 0 Å². The van der Waals surface area contributed by atoms with Crippen LogP contribution in [0.4, 0.5) is 0 Å². The normalized spacial score (nSPS) is 5.45. The molecule has 11 heavy (non-hydrogen) atoms. The molecule has 0 aliphatic rings. The summed E-state index contributed by atoms with van der Waals surface area (Å²) in [4.78, 5) is 0. The molecule has 0 aromatic carbocycles. The van der Waals surface area contributed by atoms with Crippen LogP contribution in [0.15, 0.2) is 0 Å². The molecule has 0 amide bonds. The van der Waals surface area contributed by atoms with Crippen LogP contribution in [0.2, 0.25) is 0 Å². The minimum atomic E-state index is 0. The van der Waals surface area contributed by atoms with E-state index >= 15 is 0 Å². The summed E-state index contributed by atoms with van der Waals surface area (Å²) in [6, 6.07) is 0. The van der Waals surface area contributed by atoms with Crippen LogP contribution in [0.1, 0.15) is 26.7 Å². The van der Waals surface area contributed by atoms with Gasteiger partial charge in [0.25, 0.3) is 0 Å². The molecule has 2 nitrogen and oxygen atoms in total. The topological polar surface area (TPSA) is 40.5 Å². The molecule has 0 rings (SSSR count). The van der Waals surface area contributed by atoms with Gasteiger partial charge >= 0.3 is 21.7 Å². The van der Waals surface area contributed by atoms with Crippen molar-refractivity contribution in [2.45, 2.75) is 26.7 Å². The summed E-state index contributed by atoms with van der Waals surface area (Å²) in [6.07, 6.45) is 1.75. The molecule has 0 aromatic rings. The molecule has 2 N–H and O–H groups in total. The number of hydrogen-bond acceptors (Lipinski definition) is 2. The number of rotatable bonds is 2. The molecule has 0 aromatic heterocycles. The van der Waals surface area contributed by atoms with Crippen LogP contribution in [0.5, 0.6) is 0 Å². The summed E-state index contributed by atoms with van der Waals surface area (Å²) in [7, 11) is 0. The minimum Gasteiger partial charge on any atom is -1.00 e. The fourth-order valence-electron chi connectivity index (χ4n) is 0. The Morgan fingerprint density at radius 3 is 0.909 bits per heavy atom. The van der Waals surface area contributed by atoms with Crippen molar-refractivity contribution in [3.63, 3.8) is 0 Å². The van der Waals surface area contributed by atoms with E-state index in [4.69, 9.17) is 10.2 Å². The predicted molar refractivity (Wildman–Crippen MR) is 34.8 cm³/mol. The SMILES string of the molecule is CCCO.CCCO.[Br-].[Br-].[Ti+2]. The number of hydrogen-bond donors (Lipinski definition) is 2. The number of halogens is 2. The average molecular weight is 328 g/mol. The van der Waals surface area contributed by atoms with E-state index in [0.29, 0.717) is 13.2 Å². The molecule has 5 heteroatoms. The van der Waals surface area contributed by atoms with E-state index in [-0.39, 0.29) is 55.7 Å². The Labute approximate surface area is 105 Å². The number of aliphatic hydroxyl groups is 2. The van der Waals surface area contributed by atoms with E-state index in [9.17, 15) is 0 Å². The maximum atomic E-state index is 7.88. The van der Waals surface area contributed by atoms with Gasteiger partial charge < -0.3 is 44.2 Å². The van der Waals surface area contributed by atoms with Crippen LogP contribution in [0.3, 0.4) is 0 Å². The first-order chi connectivity index (χ1) is 3.83. The second kappa shape index (κ2) is 41.6. The Bertz CT molecular complexity index is 26.5. The first-order valence-corrected chi connectivity index (χ1v) is 3.05. The second-order valence-corrected chi connectivity index (χ2v) is 1.45. The zero-order chi connectivity index (χ0) is 6.83. The Morgan fingerprint density at radius 2 is 0.909 bits per heavy atom. The summed E-state index contributed by atoms with van der Waals surface area (Å²) in [5, 5.41) is 15.8. The van der Waals surface area contributed by atoms with Gasteiger partial charge in [-0.05, 0) is 12.8 Å². The van der Waals surface area contributed by atoms with Crippen molar-refractivity contribution in [1.29, 1.82) is 0 Å². The molecule has 0 radical (unpaired) electrons. The Morgan fingerprint density at radius 1 is 0.818 bits per heavy atom. The van der Waals surface area contributed by atoms with Crippen molar-refractivity contribution in [2.75, 3.05) is 13.2 Å². The quantitative estimate of drug-likeness (QED) is 0.498. The third-order valence-electron chi connectivity index (χ3n) is 0.447. The van der Waals surface area contributed by atoms with Gasteiger partial charge in [-0.15, -0.1) is 0 Å².